The first-order valence-electron chi connectivity index (χ1n) is 6.37. The lowest BCUT2D eigenvalue weighted by atomic mass is 9.90. The molecule has 0 saturated carbocycles. The Morgan fingerprint density at radius 3 is 2.79 bits per heavy atom. The summed E-state index contributed by atoms with van der Waals surface area (Å²) in [6.45, 7) is 5.96. The molecule has 0 aromatic heterocycles. The van der Waals surface area contributed by atoms with Crippen molar-refractivity contribution in [3.8, 4) is 0 Å². The van der Waals surface area contributed by atoms with E-state index in [-0.39, 0.29) is 17.9 Å². The van der Waals surface area contributed by atoms with E-state index in [1.54, 1.807) is 6.07 Å². The predicted octanol–water partition coefficient (Wildman–Crippen LogP) is 1.28. The highest BCUT2D eigenvalue weighted by atomic mass is 16.4. The Morgan fingerprint density at radius 2 is 2.16 bits per heavy atom. The van der Waals surface area contributed by atoms with Crippen molar-refractivity contribution < 1.29 is 10.3 Å². The van der Waals surface area contributed by atoms with E-state index in [0.717, 1.165) is 18.5 Å². The van der Waals surface area contributed by atoms with E-state index in [1.165, 1.54) is 0 Å². The Bertz CT molecular complexity index is 430. The third kappa shape index (κ3) is 5.28. The monoisotopic (exact) mass is 265 g/mol. The Morgan fingerprint density at radius 1 is 1.42 bits per heavy atom. The summed E-state index contributed by atoms with van der Waals surface area (Å²) in [5.41, 5.74) is 7.40. The van der Waals surface area contributed by atoms with Crippen LogP contribution in [-0.4, -0.2) is 29.3 Å². The van der Waals surface area contributed by atoms with Gasteiger partial charge in [0.1, 0.15) is 0 Å². The number of hydrogen-bond donors (Lipinski definition) is 4. The Labute approximate surface area is 114 Å². The number of oxime groups is 1. The first-order chi connectivity index (χ1) is 8.98. The van der Waals surface area contributed by atoms with Gasteiger partial charge in [-0.25, -0.2) is 0 Å². The summed E-state index contributed by atoms with van der Waals surface area (Å²) in [6, 6.07) is 7.55. The minimum Gasteiger partial charge on any atom is -0.409 e. The molecule has 0 fully saturated rings. The molecule has 0 bridgehead atoms. The van der Waals surface area contributed by atoms with Crippen molar-refractivity contribution >= 4 is 5.84 Å². The molecule has 0 saturated heterocycles. The zero-order valence-corrected chi connectivity index (χ0v) is 11.6. The van der Waals surface area contributed by atoms with Crippen molar-refractivity contribution in [2.24, 2.45) is 16.3 Å². The van der Waals surface area contributed by atoms with Gasteiger partial charge >= 0.3 is 0 Å². The van der Waals surface area contributed by atoms with Crippen LogP contribution in [0.25, 0.3) is 0 Å². The summed E-state index contributed by atoms with van der Waals surface area (Å²) in [7, 11) is 0. The minimum atomic E-state index is 0.0674. The number of nitrogens with zero attached hydrogens (tertiary/aromatic N) is 1. The van der Waals surface area contributed by atoms with Crippen molar-refractivity contribution in [2.45, 2.75) is 26.8 Å². The Hall–Kier alpha value is -1.59. The third-order valence-electron chi connectivity index (χ3n) is 3.05. The molecule has 0 radical (unpaired) electrons. The molecule has 106 valence electrons. The topological polar surface area (TPSA) is 90.9 Å². The highest BCUT2D eigenvalue weighted by Gasteiger charge is 2.16. The number of aliphatic hydroxyl groups excluding tert-OH is 1. The number of benzene rings is 1. The van der Waals surface area contributed by atoms with Gasteiger partial charge < -0.3 is 21.4 Å². The minimum absolute atomic E-state index is 0.0674. The highest BCUT2D eigenvalue weighted by Crippen LogP contribution is 2.18. The van der Waals surface area contributed by atoms with Crippen LogP contribution in [0.4, 0.5) is 0 Å². The molecule has 0 aliphatic carbocycles. The molecule has 0 aliphatic heterocycles. The second-order valence-corrected chi connectivity index (χ2v) is 5.43. The fourth-order valence-electron chi connectivity index (χ4n) is 1.83. The lowest BCUT2D eigenvalue weighted by Gasteiger charge is -2.24. The van der Waals surface area contributed by atoms with Gasteiger partial charge in [-0.2, -0.15) is 0 Å². The zero-order chi connectivity index (χ0) is 14.3. The average Bonchev–Trinajstić information content (AvgIpc) is 2.38. The maximum absolute atomic E-state index is 8.96. The van der Waals surface area contributed by atoms with E-state index in [2.05, 4.69) is 24.3 Å². The molecule has 0 heterocycles. The third-order valence-corrected chi connectivity index (χ3v) is 3.05. The number of nitrogens with two attached hydrogens (primary N) is 1. The molecular weight excluding hydrogens is 242 g/mol. The highest BCUT2D eigenvalue weighted by molar-refractivity contribution is 5.97. The van der Waals surface area contributed by atoms with Crippen molar-refractivity contribution in [2.75, 3.05) is 13.2 Å². The number of rotatable bonds is 7. The Kier molecular flexibility index (Phi) is 5.79. The van der Waals surface area contributed by atoms with Gasteiger partial charge in [-0.15, -0.1) is 0 Å². The van der Waals surface area contributed by atoms with Crippen LogP contribution in [0, 0.1) is 5.41 Å². The number of amidine groups is 1. The molecule has 19 heavy (non-hydrogen) atoms. The van der Waals surface area contributed by atoms with E-state index < -0.39 is 0 Å². The smallest absolute Gasteiger partial charge is 0.170 e. The van der Waals surface area contributed by atoms with Crippen LogP contribution in [0.3, 0.4) is 0 Å². The maximum atomic E-state index is 8.96. The second kappa shape index (κ2) is 7.11. The van der Waals surface area contributed by atoms with Gasteiger partial charge in [0.15, 0.2) is 5.84 Å². The summed E-state index contributed by atoms with van der Waals surface area (Å²) in [4.78, 5) is 0. The van der Waals surface area contributed by atoms with Crippen molar-refractivity contribution in [1.82, 2.24) is 5.32 Å². The molecule has 1 aromatic rings. The van der Waals surface area contributed by atoms with E-state index >= 15 is 0 Å². The molecule has 0 atom stereocenters. The van der Waals surface area contributed by atoms with Gasteiger partial charge in [-0.1, -0.05) is 37.2 Å². The zero-order valence-electron chi connectivity index (χ0n) is 11.6. The van der Waals surface area contributed by atoms with E-state index in [9.17, 15) is 0 Å². The van der Waals surface area contributed by atoms with Crippen molar-refractivity contribution in [3.05, 3.63) is 35.4 Å². The lowest BCUT2D eigenvalue weighted by molar-refractivity contribution is 0.207. The molecule has 5 nitrogen and oxygen atoms in total. The number of nitrogens with one attached hydrogen (secondary N) is 1. The first-order valence-corrected chi connectivity index (χ1v) is 6.37. The van der Waals surface area contributed by atoms with Gasteiger partial charge in [0.25, 0.3) is 0 Å². The Balaban J connectivity index is 2.54. The summed E-state index contributed by atoms with van der Waals surface area (Å²) in [6.07, 6.45) is 0.768. The summed E-state index contributed by atoms with van der Waals surface area (Å²) >= 11 is 0. The van der Waals surface area contributed by atoms with E-state index in [4.69, 9.17) is 16.0 Å². The summed E-state index contributed by atoms with van der Waals surface area (Å²) < 4.78 is 0. The number of hydrogen-bond acceptors (Lipinski definition) is 4. The largest absolute Gasteiger partial charge is 0.409 e. The second-order valence-electron chi connectivity index (χ2n) is 5.43. The maximum Gasteiger partial charge on any atom is 0.170 e. The van der Waals surface area contributed by atoms with E-state index in [1.807, 2.05) is 18.2 Å². The SMILES string of the molecule is CC(C)(CCO)CNCc1cccc(/C(N)=N/O)c1. The molecule has 5 N–H and O–H groups in total. The molecule has 5 heteroatoms. The predicted molar refractivity (Wildman–Crippen MR) is 76.1 cm³/mol. The van der Waals surface area contributed by atoms with Gasteiger partial charge in [0, 0.05) is 25.3 Å². The lowest BCUT2D eigenvalue weighted by Crippen LogP contribution is -2.30. The fraction of sp³-hybridized carbons (Fsp3) is 0.500. The van der Waals surface area contributed by atoms with Gasteiger partial charge in [0.05, 0.1) is 0 Å². The quantitative estimate of drug-likeness (QED) is 0.259. The molecule has 0 unspecified atom stereocenters. The average molecular weight is 265 g/mol. The van der Waals surface area contributed by atoms with Crippen molar-refractivity contribution in [1.29, 1.82) is 0 Å². The molecule has 0 spiro atoms. The van der Waals surface area contributed by atoms with Crippen molar-refractivity contribution in [3.63, 3.8) is 0 Å². The van der Waals surface area contributed by atoms with Crippen LogP contribution in [0.2, 0.25) is 0 Å². The van der Waals surface area contributed by atoms with Crippen LogP contribution >= 0.6 is 0 Å². The standard InChI is InChI=1S/C14H23N3O2/c1-14(2,6-7-18)10-16-9-11-4-3-5-12(8-11)13(15)17-19/h3-5,8,16,18-19H,6-7,9-10H2,1-2H3,(H2,15,17). The van der Waals surface area contributed by atoms with E-state index in [0.29, 0.717) is 12.1 Å². The molecule has 1 rings (SSSR count). The summed E-state index contributed by atoms with van der Waals surface area (Å²) in [5, 5.41) is 24.0. The molecule has 1 aromatic carbocycles. The van der Waals surface area contributed by atoms with Gasteiger partial charge in [-0.3, -0.25) is 0 Å². The molecular formula is C14H23N3O2. The molecule has 0 aliphatic rings. The number of aliphatic hydroxyl groups is 1. The van der Waals surface area contributed by atoms with Crippen LogP contribution in [0.1, 0.15) is 31.4 Å². The summed E-state index contributed by atoms with van der Waals surface area (Å²) in [5.74, 6) is 0.113. The van der Waals surface area contributed by atoms with Crippen LogP contribution in [0.5, 0.6) is 0 Å². The van der Waals surface area contributed by atoms with Gasteiger partial charge in [-0.05, 0) is 23.5 Å². The van der Waals surface area contributed by atoms with Crippen LogP contribution in [-0.2, 0) is 6.54 Å². The first kappa shape index (κ1) is 15.5. The van der Waals surface area contributed by atoms with Gasteiger partial charge in [0.2, 0.25) is 0 Å². The fourth-order valence-corrected chi connectivity index (χ4v) is 1.83. The normalized spacial score (nSPS) is 12.7. The van der Waals surface area contributed by atoms with Crippen LogP contribution < -0.4 is 11.1 Å². The molecule has 0 amide bonds. The van der Waals surface area contributed by atoms with Crippen LogP contribution in [0.15, 0.2) is 29.4 Å².